The fourth-order valence-electron chi connectivity index (χ4n) is 3.92. The van der Waals surface area contributed by atoms with Gasteiger partial charge in [-0.05, 0) is 54.2 Å². The maximum atomic E-state index is 13.6. The summed E-state index contributed by atoms with van der Waals surface area (Å²) in [4.78, 5) is 13.6. The first kappa shape index (κ1) is 15.8. The number of allylic oxidation sites excluding steroid dienone is 1. The normalized spacial score (nSPS) is 13.7. The van der Waals surface area contributed by atoms with Gasteiger partial charge in [-0.15, -0.1) is 0 Å². The summed E-state index contributed by atoms with van der Waals surface area (Å²) in [7, 11) is 0. The standard InChI is InChI=1S/C24H22O/c1-24(2,22-16-8-12-18-10-4-6-14-20(18)22)23(25)21-15-7-11-17-9-3-5-13-19(17)21/h3-4,6-12,14-16H,5,13H2,1-2H3. The molecule has 0 aromatic heterocycles. The van der Waals surface area contributed by atoms with E-state index in [4.69, 9.17) is 0 Å². The first-order valence-corrected chi connectivity index (χ1v) is 8.90. The van der Waals surface area contributed by atoms with Crippen LogP contribution in [0.3, 0.4) is 0 Å². The molecule has 1 aliphatic rings. The minimum absolute atomic E-state index is 0.205. The molecule has 0 N–H and O–H groups in total. The minimum atomic E-state index is -0.572. The molecule has 0 fully saturated rings. The highest BCUT2D eigenvalue weighted by Gasteiger charge is 2.33. The molecule has 0 atom stereocenters. The van der Waals surface area contributed by atoms with E-state index in [0.29, 0.717) is 0 Å². The molecule has 3 aromatic carbocycles. The molecule has 1 heteroatoms. The van der Waals surface area contributed by atoms with E-state index in [2.05, 4.69) is 62.4 Å². The number of hydrogen-bond donors (Lipinski definition) is 0. The molecule has 1 nitrogen and oxygen atoms in total. The van der Waals surface area contributed by atoms with Crippen molar-refractivity contribution < 1.29 is 4.79 Å². The largest absolute Gasteiger partial charge is 0.293 e. The molecule has 0 heterocycles. The van der Waals surface area contributed by atoms with Crippen molar-refractivity contribution in [3.8, 4) is 0 Å². The van der Waals surface area contributed by atoms with Crippen LogP contribution >= 0.6 is 0 Å². The third-order valence-corrected chi connectivity index (χ3v) is 5.35. The fourth-order valence-corrected chi connectivity index (χ4v) is 3.92. The van der Waals surface area contributed by atoms with Crippen molar-refractivity contribution in [3.63, 3.8) is 0 Å². The van der Waals surface area contributed by atoms with E-state index in [-0.39, 0.29) is 5.78 Å². The fraction of sp³-hybridized carbons (Fsp3) is 0.208. The van der Waals surface area contributed by atoms with Crippen molar-refractivity contribution in [1.82, 2.24) is 0 Å². The Labute approximate surface area is 149 Å². The zero-order valence-corrected chi connectivity index (χ0v) is 14.8. The Hall–Kier alpha value is -2.67. The van der Waals surface area contributed by atoms with E-state index < -0.39 is 5.41 Å². The second-order valence-corrected chi connectivity index (χ2v) is 7.30. The third kappa shape index (κ3) is 2.60. The minimum Gasteiger partial charge on any atom is -0.293 e. The van der Waals surface area contributed by atoms with E-state index >= 15 is 0 Å². The van der Waals surface area contributed by atoms with Crippen LogP contribution in [0, 0.1) is 0 Å². The quantitative estimate of drug-likeness (QED) is 0.543. The number of rotatable bonds is 3. The van der Waals surface area contributed by atoms with E-state index in [0.717, 1.165) is 29.4 Å². The Morgan fingerprint density at radius 1 is 0.920 bits per heavy atom. The van der Waals surface area contributed by atoms with Gasteiger partial charge in [0.15, 0.2) is 5.78 Å². The summed E-state index contributed by atoms with van der Waals surface area (Å²) in [6, 6.07) is 20.7. The predicted octanol–water partition coefficient (Wildman–Crippen LogP) is 5.96. The summed E-state index contributed by atoms with van der Waals surface area (Å²) < 4.78 is 0. The Morgan fingerprint density at radius 2 is 1.68 bits per heavy atom. The molecule has 1 aliphatic carbocycles. The number of hydrogen-bond acceptors (Lipinski definition) is 1. The monoisotopic (exact) mass is 326 g/mol. The summed E-state index contributed by atoms with van der Waals surface area (Å²) in [6.45, 7) is 4.10. The van der Waals surface area contributed by atoms with Gasteiger partial charge in [0.2, 0.25) is 0 Å². The molecule has 0 spiro atoms. The Kier molecular flexibility index (Phi) is 3.80. The summed E-state index contributed by atoms with van der Waals surface area (Å²) >= 11 is 0. The SMILES string of the molecule is CC(C)(C(=O)c1cccc2c1CCC=C2)c1cccc2ccccc12. The van der Waals surface area contributed by atoms with E-state index in [1.165, 1.54) is 16.5 Å². The average Bonchev–Trinajstić information content (AvgIpc) is 2.66. The van der Waals surface area contributed by atoms with Gasteiger partial charge in [0, 0.05) is 5.56 Å². The van der Waals surface area contributed by atoms with Crippen molar-refractivity contribution in [1.29, 1.82) is 0 Å². The lowest BCUT2D eigenvalue weighted by Gasteiger charge is -2.27. The maximum Gasteiger partial charge on any atom is 0.173 e. The van der Waals surface area contributed by atoms with E-state index in [1.807, 2.05) is 24.3 Å². The maximum absolute atomic E-state index is 13.6. The first-order chi connectivity index (χ1) is 12.1. The number of ketones is 1. The molecule has 0 saturated carbocycles. The van der Waals surface area contributed by atoms with Crippen molar-refractivity contribution in [2.24, 2.45) is 0 Å². The average molecular weight is 326 g/mol. The molecule has 4 rings (SSSR count). The molecule has 0 bridgehead atoms. The highest BCUT2D eigenvalue weighted by Crippen LogP contribution is 2.35. The summed E-state index contributed by atoms with van der Waals surface area (Å²) in [5.74, 6) is 0.205. The van der Waals surface area contributed by atoms with E-state index in [9.17, 15) is 4.79 Å². The predicted molar refractivity (Wildman–Crippen MR) is 105 cm³/mol. The van der Waals surface area contributed by atoms with Crippen LogP contribution in [0.25, 0.3) is 16.8 Å². The van der Waals surface area contributed by atoms with Gasteiger partial charge in [-0.1, -0.05) is 72.8 Å². The zero-order valence-electron chi connectivity index (χ0n) is 14.8. The van der Waals surface area contributed by atoms with Crippen molar-refractivity contribution >= 4 is 22.6 Å². The number of carbonyl (C=O) groups is 1. The lowest BCUT2D eigenvalue weighted by molar-refractivity contribution is 0.0908. The molecule has 3 aromatic rings. The molecule has 0 radical (unpaired) electrons. The molecular weight excluding hydrogens is 304 g/mol. The number of Topliss-reactive ketones (excluding diaryl/α,β-unsaturated/α-hetero) is 1. The van der Waals surface area contributed by atoms with Crippen molar-refractivity contribution in [2.45, 2.75) is 32.1 Å². The van der Waals surface area contributed by atoms with E-state index in [1.54, 1.807) is 0 Å². The Morgan fingerprint density at radius 3 is 2.56 bits per heavy atom. The lowest BCUT2D eigenvalue weighted by atomic mass is 9.74. The van der Waals surface area contributed by atoms with Crippen LogP contribution in [0.2, 0.25) is 0 Å². The van der Waals surface area contributed by atoms with Gasteiger partial charge >= 0.3 is 0 Å². The summed E-state index contributed by atoms with van der Waals surface area (Å²) in [6.07, 6.45) is 6.28. The van der Waals surface area contributed by atoms with Crippen LogP contribution in [0.1, 0.15) is 47.3 Å². The highest BCUT2D eigenvalue weighted by atomic mass is 16.1. The van der Waals surface area contributed by atoms with Crippen LogP contribution in [-0.2, 0) is 11.8 Å². The molecular formula is C24H22O. The van der Waals surface area contributed by atoms with Crippen molar-refractivity contribution in [3.05, 3.63) is 89.0 Å². The van der Waals surface area contributed by atoms with Gasteiger partial charge in [0.05, 0.1) is 5.41 Å². The van der Waals surface area contributed by atoms with Gasteiger partial charge in [0.1, 0.15) is 0 Å². The molecule has 0 aliphatic heterocycles. The molecule has 0 saturated heterocycles. The van der Waals surface area contributed by atoms with Gasteiger partial charge in [0.25, 0.3) is 0 Å². The lowest BCUT2D eigenvalue weighted by Crippen LogP contribution is -2.30. The van der Waals surface area contributed by atoms with Gasteiger partial charge in [-0.2, -0.15) is 0 Å². The topological polar surface area (TPSA) is 17.1 Å². The number of fused-ring (bicyclic) bond motifs is 2. The zero-order chi connectivity index (χ0) is 17.4. The second kappa shape index (κ2) is 6.00. The Balaban J connectivity index is 1.86. The second-order valence-electron chi connectivity index (χ2n) is 7.30. The van der Waals surface area contributed by atoms with Crippen LogP contribution in [0.4, 0.5) is 0 Å². The summed E-state index contributed by atoms with van der Waals surface area (Å²) in [5, 5.41) is 2.34. The molecule has 124 valence electrons. The van der Waals surface area contributed by atoms with Crippen LogP contribution in [0.5, 0.6) is 0 Å². The molecule has 0 amide bonds. The highest BCUT2D eigenvalue weighted by molar-refractivity contribution is 6.07. The van der Waals surface area contributed by atoms with Crippen molar-refractivity contribution in [2.75, 3.05) is 0 Å². The Bertz CT molecular complexity index is 987. The molecule has 0 unspecified atom stereocenters. The summed E-state index contributed by atoms with van der Waals surface area (Å²) in [5.41, 5.74) is 3.78. The number of benzene rings is 3. The first-order valence-electron chi connectivity index (χ1n) is 8.90. The number of carbonyl (C=O) groups excluding carboxylic acids is 1. The van der Waals surface area contributed by atoms with Gasteiger partial charge < -0.3 is 0 Å². The molecule has 25 heavy (non-hydrogen) atoms. The van der Waals surface area contributed by atoms with Gasteiger partial charge in [-0.3, -0.25) is 4.79 Å². The van der Waals surface area contributed by atoms with Gasteiger partial charge in [-0.25, -0.2) is 0 Å². The van der Waals surface area contributed by atoms with Crippen LogP contribution in [0.15, 0.2) is 66.7 Å². The van der Waals surface area contributed by atoms with Crippen LogP contribution < -0.4 is 0 Å². The third-order valence-electron chi connectivity index (χ3n) is 5.35. The smallest absolute Gasteiger partial charge is 0.173 e. The van der Waals surface area contributed by atoms with Crippen LogP contribution in [-0.4, -0.2) is 5.78 Å².